The number of hydrogen-bond donors (Lipinski definition) is 2. The Kier molecular flexibility index (Phi) is 5.78. The Morgan fingerprint density at radius 1 is 1.52 bits per heavy atom. The average Bonchev–Trinajstić information content (AvgIpc) is 3.26. The fourth-order valence-corrected chi connectivity index (χ4v) is 2.41. The lowest BCUT2D eigenvalue weighted by Crippen LogP contribution is -2.26. The first-order chi connectivity index (χ1) is 10.1. The summed E-state index contributed by atoms with van der Waals surface area (Å²) in [6.07, 6.45) is 5.95. The minimum absolute atomic E-state index is 0.106. The molecule has 1 aliphatic carbocycles. The van der Waals surface area contributed by atoms with Crippen molar-refractivity contribution in [3.63, 3.8) is 0 Å². The van der Waals surface area contributed by atoms with Gasteiger partial charge in [-0.2, -0.15) is 5.10 Å². The van der Waals surface area contributed by atoms with Crippen molar-refractivity contribution in [3.8, 4) is 0 Å². The topological polar surface area (TPSA) is 76.0 Å². The van der Waals surface area contributed by atoms with Crippen molar-refractivity contribution in [2.75, 3.05) is 11.9 Å². The number of aromatic nitrogens is 2. The molecule has 0 saturated heterocycles. The zero-order chi connectivity index (χ0) is 15.2. The molecule has 116 valence electrons. The molecule has 2 rings (SSSR count). The molecule has 2 N–H and O–H groups in total. The van der Waals surface area contributed by atoms with Crippen molar-refractivity contribution in [3.05, 3.63) is 21.0 Å². The zero-order valence-corrected chi connectivity index (χ0v) is 13.8. The van der Waals surface area contributed by atoms with E-state index in [0.29, 0.717) is 35.7 Å². The minimum Gasteiger partial charge on any atom is -0.383 e. The normalized spacial score (nSPS) is 14.0. The molecule has 6 nitrogen and oxygen atoms in total. The third-order valence-electron chi connectivity index (χ3n) is 3.26. The zero-order valence-electron chi connectivity index (χ0n) is 12.2. The number of amides is 1. The van der Waals surface area contributed by atoms with Crippen LogP contribution in [0.5, 0.6) is 0 Å². The van der Waals surface area contributed by atoms with E-state index < -0.39 is 0 Å². The van der Waals surface area contributed by atoms with E-state index in [1.54, 1.807) is 6.20 Å². The van der Waals surface area contributed by atoms with Gasteiger partial charge in [-0.3, -0.25) is 9.59 Å². The van der Waals surface area contributed by atoms with E-state index in [2.05, 4.69) is 31.7 Å². The summed E-state index contributed by atoms with van der Waals surface area (Å²) in [5.74, 6) is 0.106. The second-order valence-electron chi connectivity index (χ2n) is 5.27. The molecule has 1 saturated carbocycles. The molecular formula is C14H21BrN4O2. The summed E-state index contributed by atoms with van der Waals surface area (Å²) in [6.45, 7) is 3.25. The lowest BCUT2D eigenvalue weighted by molar-refractivity contribution is -0.121. The summed E-state index contributed by atoms with van der Waals surface area (Å²) < 4.78 is 1.94. The maximum Gasteiger partial charge on any atom is 0.283 e. The Morgan fingerprint density at radius 3 is 2.95 bits per heavy atom. The third-order valence-corrected chi connectivity index (χ3v) is 4.03. The van der Waals surface area contributed by atoms with Crippen molar-refractivity contribution in [2.45, 2.75) is 51.6 Å². The van der Waals surface area contributed by atoms with Crippen molar-refractivity contribution in [2.24, 2.45) is 0 Å². The van der Waals surface area contributed by atoms with Crippen LogP contribution in [-0.2, 0) is 11.3 Å². The van der Waals surface area contributed by atoms with Crippen LogP contribution >= 0.6 is 15.9 Å². The fraction of sp³-hybridized carbons (Fsp3) is 0.643. The first-order valence-corrected chi connectivity index (χ1v) is 8.20. The first-order valence-electron chi connectivity index (χ1n) is 7.40. The fourth-order valence-electron chi connectivity index (χ4n) is 1.96. The quantitative estimate of drug-likeness (QED) is 0.697. The Bertz CT molecular complexity index is 554. The first kappa shape index (κ1) is 16.0. The van der Waals surface area contributed by atoms with Crippen molar-refractivity contribution in [1.29, 1.82) is 0 Å². The molecule has 0 radical (unpaired) electrons. The Hall–Kier alpha value is -1.37. The van der Waals surface area contributed by atoms with Crippen molar-refractivity contribution >= 4 is 27.5 Å². The van der Waals surface area contributed by atoms with E-state index in [1.807, 2.05) is 6.92 Å². The number of nitrogens with one attached hydrogen (secondary N) is 2. The SMILES string of the molecule is CCCn1ncc(NCCCC(=O)NC2CC2)c(Br)c1=O. The summed E-state index contributed by atoms with van der Waals surface area (Å²) in [5.41, 5.74) is 0.545. The van der Waals surface area contributed by atoms with Crippen LogP contribution in [0.2, 0.25) is 0 Å². The van der Waals surface area contributed by atoms with Crippen LogP contribution in [0.4, 0.5) is 5.69 Å². The molecule has 0 aliphatic heterocycles. The van der Waals surface area contributed by atoms with Crippen LogP contribution in [0.25, 0.3) is 0 Å². The van der Waals surface area contributed by atoms with E-state index in [1.165, 1.54) is 4.68 Å². The molecule has 1 fully saturated rings. The molecule has 0 spiro atoms. The number of nitrogens with zero attached hydrogens (tertiary/aromatic N) is 2. The molecule has 1 amide bonds. The van der Waals surface area contributed by atoms with Gasteiger partial charge in [0, 0.05) is 25.6 Å². The van der Waals surface area contributed by atoms with Gasteiger partial charge in [-0.05, 0) is 41.6 Å². The smallest absolute Gasteiger partial charge is 0.283 e. The highest BCUT2D eigenvalue weighted by Gasteiger charge is 2.22. The summed E-state index contributed by atoms with van der Waals surface area (Å²) in [7, 11) is 0. The second-order valence-corrected chi connectivity index (χ2v) is 6.07. The van der Waals surface area contributed by atoms with Gasteiger partial charge in [0.2, 0.25) is 5.91 Å². The van der Waals surface area contributed by atoms with Gasteiger partial charge in [-0.1, -0.05) is 6.92 Å². The molecule has 1 heterocycles. The molecule has 0 bridgehead atoms. The predicted molar refractivity (Wildman–Crippen MR) is 85.4 cm³/mol. The molecule has 1 aromatic heterocycles. The van der Waals surface area contributed by atoms with Crippen LogP contribution < -0.4 is 16.2 Å². The van der Waals surface area contributed by atoms with Crippen LogP contribution in [-0.4, -0.2) is 28.3 Å². The van der Waals surface area contributed by atoms with Crippen LogP contribution in [0, 0.1) is 0 Å². The monoisotopic (exact) mass is 356 g/mol. The van der Waals surface area contributed by atoms with Gasteiger partial charge in [0.15, 0.2) is 0 Å². The molecule has 1 aromatic rings. The van der Waals surface area contributed by atoms with Gasteiger partial charge < -0.3 is 10.6 Å². The summed E-state index contributed by atoms with van der Waals surface area (Å²) in [6, 6.07) is 0.412. The maximum absolute atomic E-state index is 12.0. The number of carbonyl (C=O) groups excluding carboxylic acids is 1. The Morgan fingerprint density at radius 2 is 2.29 bits per heavy atom. The van der Waals surface area contributed by atoms with Crippen molar-refractivity contribution in [1.82, 2.24) is 15.1 Å². The minimum atomic E-state index is -0.131. The van der Waals surface area contributed by atoms with E-state index in [9.17, 15) is 9.59 Å². The predicted octanol–water partition coefficient (Wildman–Crippen LogP) is 1.89. The summed E-state index contributed by atoms with van der Waals surface area (Å²) in [5, 5.41) is 10.2. The third kappa shape index (κ3) is 4.84. The second kappa shape index (κ2) is 7.59. The number of halogens is 1. The largest absolute Gasteiger partial charge is 0.383 e. The van der Waals surface area contributed by atoms with Gasteiger partial charge in [0.05, 0.1) is 11.9 Å². The summed E-state index contributed by atoms with van der Waals surface area (Å²) in [4.78, 5) is 23.5. The van der Waals surface area contributed by atoms with E-state index in [4.69, 9.17) is 0 Å². The molecule has 0 atom stereocenters. The number of hydrogen-bond acceptors (Lipinski definition) is 4. The standard InChI is InChI=1S/C14H21BrN4O2/c1-2-8-19-14(21)13(15)11(9-17-19)16-7-3-4-12(20)18-10-5-6-10/h9-10,16H,2-8H2,1H3,(H,18,20). The Labute approximate surface area is 132 Å². The molecule has 7 heteroatoms. The molecule has 1 aliphatic rings. The van der Waals surface area contributed by atoms with Gasteiger partial charge in [-0.25, -0.2) is 4.68 Å². The molecule has 0 aromatic carbocycles. The van der Waals surface area contributed by atoms with Gasteiger partial charge >= 0.3 is 0 Å². The molecule has 21 heavy (non-hydrogen) atoms. The number of aryl methyl sites for hydroxylation is 1. The average molecular weight is 357 g/mol. The number of carbonyl (C=O) groups is 1. The number of anilines is 1. The Balaban J connectivity index is 1.78. The lowest BCUT2D eigenvalue weighted by atomic mass is 10.3. The van der Waals surface area contributed by atoms with Crippen LogP contribution in [0.3, 0.4) is 0 Å². The van der Waals surface area contributed by atoms with E-state index in [-0.39, 0.29) is 11.5 Å². The van der Waals surface area contributed by atoms with Crippen LogP contribution in [0.1, 0.15) is 39.0 Å². The molecular weight excluding hydrogens is 336 g/mol. The van der Waals surface area contributed by atoms with Crippen molar-refractivity contribution < 1.29 is 4.79 Å². The van der Waals surface area contributed by atoms with Gasteiger partial charge in [0.1, 0.15) is 4.47 Å². The summed E-state index contributed by atoms with van der Waals surface area (Å²) >= 11 is 3.31. The highest BCUT2D eigenvalue weighted by Crippen LogP contribution is 2.19. The highest BCUT2D eigenvalue weighted by atomic mass is 79.9. The highest BCUT2D eigenvalue weighted by molar-refractivity contribution is 9.10. The molecule has 0 unspecified atom stereocenters. The van der Waals surface area contributed by atoms with Gasteiger partial charge in [-0.15, -0.1) is 0 Å². The van der Waals surface area contributed by atoms with Gasteiger partial charge in [0.25, 0.3) is 5.56 Å². The number of rotatable bonds is 8. The van der Waals surface area contributed by atoms with E-state index >= 15 is 0 Å². The van der Waals surface area contributed by atoms with Crippen LogP contribution in [0.15, 0.2) is 15.5 Å². The maximum atomic E-state index is 12.0. The lowest BCUT2D eigenvalue weighted by Gasteiger charge is -2.10. The van der Waals surface area contributed by atoms with E-state index in [0.717, 1.165) is 25.7 Å².